The Morgan fingerprint density at radius 1 is 1.40 bits per heavy atom. The van der Waals surface area contributed by atoms with Crippen molar-refractivity contribution in [3.8, 4) is 0 Å². The van der Waals surface area contributed by atoms with Gasteiger partial charge in [-0.05, 0) is 40.0 Å². The summed E-state index contributed by atoms with van der Waals surface area (Å²) < 4.78 is 0. The van der Waals surface area contributed by atoms with E-state index in [9.17, 15) is 5.11 Å². The predicted molar refractivity (Wildman–Crippen MR) is 61.6 cm³/mol. The van der Waals surface area contributed by atoms with Crippen LogP contribution >= 0.6 is 0 Å². The zero-order chi connectivity index (χ0) is 11.5. The van der Waals surface area contributed by atoms with Gasteiger partial charge in [0.2, 0.25) is 0 Å². The number of hydrogen-bond donors (Lipinski definition) is 1. The normalized spacial score (nSPS) is 12.1. The van der Waals surface area contributed by atoms with E-state index in [0.29, 0.717) is 0 Å². The molecule has 0 aliphatic heterocycles. The number of nitrogens with zero attached hydrogens (tertiary/aromatic N) is 2. The third-order valence-corrected chi connectivity index (χ3v) is 2.77. The lowest BCUT2D eigenvalue weighted by Crippen LogP contribution is -2.43. The first-order valence-electron chi connectivity index (χ1n) is 5.20. The van der Waals surface area contributed by atoms with E-state index in [1.54, 1.807) is 0 Å². The Balaban J connectivity index is 2.70. The second-order valence-electron chi connectivity index (χ2n) is 4.60. The number of aryl methyl sites for hydroxylation is 1. The van der Waals surface area contributed by atoms with Crippen molar-refractivity contribution >= 4 is 0 Å². The van der Waals surface area contributed by atoms with Crippen LogP contribution in [-0.2, 0) is 6.54 Å². The average Bonchev–Trinajstić information content (AvgIpc) is 2.17. The number of pyridine rings is 1. The molecule has 0 aliphatic rings. The van der Waals surface area contributed by atoms with Crippen molar-refractivity contribution in [3.05, 3.63) is 29.6 Å². The highest BCUT2D eigenvalue weighted by Crippen LogP contribution is 2.14. The molecule has 0 saturated carbocycles. The van der Waals surface area contributed by atoms with Gasteiger partial charge in [-0.1, -0.05) is 6.07 Å². The Bertz CT molecular complexity index is 323. The number of aliphatic hydroxyl groups excluding tert-OH is 1. The van der Waals surface area contributed by atoms with Crippen LogP contribution in [0.4, 0.5) is 0 Å². The molecule has 0 unspecified atom stereocenters. The van der Waals surface area contributed by atoms with Crippen molar-refractivity contribution in [2.45, 2.75) is 32.9 Å². The molecule has 0 amide bonds. The number of rotatable bonds is 4. The van der Waals surface area contributed by atoms with Crippen molar-refractivity contribution in [1.82, 2.24) is 9.88 Å². The van der Waals surface area contributed by atoms with Gasteiger partial charge in [-0.25, -0.2) is 0 Å². The molecule has 1 aromatic heterocycles. The first-order chi connectivity index (χ1) is 6.95. The molecule has 0 radical (unpaired) electrons. The molecule has 15 heavy (non-hydrogen) atoms. The molecule has 3 nitrogen and oxygen atoms in total. The van der Waals surface area contributed by atoms with E-state index in [1.165, 1.54) is 0 Å². The number of likely N-dealkylation sites (N-methyl/N-ethyl adjacent to an activating group) is 1. The van der Waals surface area contributed by atoms with Gasteiger partial charge in [0, 0.05) is 17.8 Å². The maximum atomic E-state index is 9.23. The lowest BCUT2D eigenvalue weighted by atomic mass is 10.1. The molecule has 1 aromatic rings. The summed E-state index contributed by atoms with van der Waals surface area (Å²) in [6.45, 7) is 6.93. The van der Waals surface area contributed by atoms with E-state index < -0.39 is 0 Å². The van der Waals surface area contributed by atoms with Crippen LogP contribution < -0.4 is 0 Å². The molecule has 1 N–H and O–H groups in total. The van der Waals surface area contributed by atoms with Gasteiger partial charge in [-0.3, -0.25) is 9.88 Å². The standard InChI is InChI=1S/C12H20N2O/c1-10-6-5-7-11(13-10)8-14(4)12(2,3)9-15/h5-7,15H,8-9H2,1-4H3. The molecular weight excluding hydrogens is 188 g/mol. The molecule has 84 valence electrons. The second-order valence-corrected chi connectivity index (χ2v) is 4.60. The minimum Gasteiger partial charge on any atom is -0.394 e. The number of hydrogen-bond acceptors (Lipinski definition) is 3. The van der Waals surface area contributed by atoms with Gasteiger partial charge < -0.3 is 5.11 Å². The third-order valence-electron chi connectivity index (χ3n) is 2.77. The summed E-state index contributed by atoms with van der Waals surface area (Å²) in [5, 5.41) is 9.23. The van der Waals surface area contributed by atoms with Crippen molar-refractivity contribution < 1.29 is 5.11 Å². The van der Waals surface area contributed by atoms with E-state index >= 15 is 0 Å². The first-order valence-corrected chi connectivity index (χ1v) is 5.20. The second kappa shape index (κ2) is 4.73. The van der Waals surface area contributed by atoms with E-state index in [-0.39, 0.29) is 12.1 Å². The number of aliphatic hydroxyl groups is 1. The monoisotopic (exact) mass is 208 g/mol. The highest BCUT2D eigenvalue weighted by Gasteiger charge is 2.22. The van der Waals surface area contributed by atoms with Crippen LogP contribution in [0, 0.1) is 6.92 Å². The minimum absolute atomic E-state index is 0.148. The van der Waals surface area contributed by atoms with Gasteiger partial charge in [-0.2, -0.15) is 0 Å². The van der Waals surface area contributed by atoms with Gasteiger partial charge in [0.1, 0.15) is 0 Å². The Morgan fingerprint density at radius 3 is 2.60 bits per heavy atom. The average molecular weight is 208 g/mol. The highest BCUT2D eigenvalue weighted by atomic mass is 16.3. The van der Waals surface area contributed by atoms with Gasteiger partial charge in [0.15, 0.2) is 0 Å². The van der Waals surface area contributed by atoms with Crippen molar-refractivity contribution in [2.24, 2.45) is 0 Å². The lowest BCUT2D eigenvalue weighted by Gasteiger charge is -2.33. The van der Waals surface area contributed by atoms with Crippen LogP contribution in [-0.4, -0.2) is 34.2 Å². The molecule has 0 bridgehead atoms. The molecule has 1 heterocycles. The van der Waals surface area contributed by atoms with E-state index in [2.05, 4.69) is 9.88 Å². The molecule has 0 aromatic carbocycles. The molecule has 0 aliphatic carbocycles. The summed E-state index contributed by atoms with van der Waals surface area (Å²) >= 11 is 0. The zero-order valence-electron chi connectivity index (χ0n) is 9.99. The fourth-order valence-electron chi connectivity index (χ4n) is 1.27. The number of aromatic nitrogens is 1. The molecular formula is C12H20N2O. The molecule has 0 atom stereocenters. The maximum absolute atomic E-state index is 9.23. The fourth-order valence-corrected chi connectivity index (χ4v) is 1.27. The minimum atomic E-state index is -0.203. The van der Waals surface area contributed by atoms with Crippen LogP contribution in [0.15, 0.2) is 18.2 Å². The summed E-state index contributed by atoms with van der Waals surface area (Å²) in [6.07, 6.45) is 0. The molecule has 0 fully saturated rings. The predicted octanol–water partition coefficient (Wildman–Crippen LogP) is 1.59. The largest absolute Gasteiger partial charge is 0.394 e. The van der Waals surface area contributed by atoms with Crippen LogP contribution in [0.3, 0.4) is 0 Å². The Labute approximate surface area is 91.8 Å². The zero-order valence-corrected chi connectivity index (χ0v) is 9.99. The van der Waals surface area contributed by atoms with Crippen LogP contribution in [0.5, 0.6) is 0 Å². The van der Waals surface area contributed by atoms with E-state index in [4.69, 9.17) is 0 Å². The van der Waals surface area contributed by atoms with Gasteiger partial charge in [-0.15, -0.1) is 0 Å². The van der Waals surface area contributed by atoms with Gasteiger partial charge in [0.25, 0.3) is 0 Å². The SMILES string of the molecule is Cc1cccc(CN(C)C(C)(C)CO)n1. The fraction of sp³-hybridized carbons (Fsp3) is 0.583. The van der Waals surface area contributed by atoms with Gasteiger partial charge in [0.05, 0.1) is 12.3 Å². The molecule has 3 heteroatoms. The first kappa shape index (κ1) is 12.1. The maximum Gasteiger partial charge on any atom is 0.0610 e. The van der Waals surface area contributed by atoms with E-state index in [1.807, 2.05) is 46.0 Å². The summed E-state index contributed by atoms with van der Waals surface area (Å²) in [6, 6.07) is 6.01. The Morgan fingerprint density at radius 2 is 2.07 bits per heavy atom. The topological polar surface area (TPSA) is 36.4 Å². The third kappa shape index (κ3) is 3.29. The van der Waals surface area contributed by atoms with Crippen molar-refractivity contribution in [1.29, 1.82) is 0 Å². The molecule has 0 spiro atoms. The quantitative estimate of drug-likeness (QED) is 0.816. The van der Waals surface area contributed by atoms with Crippen molar-refractivity contribution in [3.63, 3.8) is 0 Å². The van der Waals surface area contributed by atoms with Crippen LogP contribution in [0.2, 0.25) is 0 Å². The summed E-state index contributed by atoms with van der Waals surface area (Å²) in [5.41, 5.74) is 1.87. The van der Waals surface area contributed by atoms with E-state index in [0.717, 1.165) is 17.9 Å². The Kier molecular flexibility index (Phi) is 3.83. The summed E-state index contributed by atoms with van der Waals surface area (Å²) in [4.78, 5) is 6.54. The molecule has 0 saturated heterocycles. The molecule has 1 rings (SSSR count). The Hall–Kier alpha value is -0.930. The smallest absolute Gasteiger partial charge is 0.0610 e. The summed E-state index contributed by atoms with van der Waals surface area (Å²) in [5.74, 6) is 0. The van der Waals surface area contributed by atoms with Crippen molar-refractivity contribution in [2.75, 3.05) is 13.7 Å². The lowest BCUT2D eigenvalue weighted by molar-refractivity contribution is 0.0724. The van der Waals surface area contributed by atoms with Gasteiger partial charge >= 0.3 is 0 Å². The highest BCUT2D eigenvalue weighted by molar-refractivity contribution is 5.10. The van der Waals surface area contributed by atoms with Crippen LogP contribution in [0.25, 0.3) is 0 Å². The van der Waals surface area contributed by atoms with Crippen LogP contribution in [0.1, 0.15) is 25.2 Å². The summed E-state index contributed by atoms with van der Waals surface area (Å²) in [7, 11) is 2.00.